The Balaban J connectivity index is 1.43. The van der Waals surface area contributed by atoms with Crippen LogP contribution in [0, 0.1) is 3.57 Å². The number of hydrogen-bond donors (Lipinski definition) is 4. The fourth-order valence-corrected chi connectivity index (χ4v) is 4.54. The van der Waals surface area contributed by atoms with Gasteiger partial charge in [-0.15, -0.1) is 0 Å². The van der Waals surface area contributed by atoms with Crippen LogP contribution in [-0.4, -0.2) is 60.6 Å². The highest BCUT2D eigenvalue weighted by Gasteiger charge is 2.60. The van der Waals surface area contributed by atoms with Crippen molar-refractivity contribution in [3.63, 3.8) is 0 Å². The van der Waals surface area contributed by atoms with Gasteiger partial charge in [0.1, 0.15) is 18.0 Å². The van der Waals surface area contributed by atoms with Crippen molar-refractivity contribution in [1.29, 1.82) is 0 Å². The zero-order valence-corrected chi connectivity index (χ0v) is 16.9. The number of halogens is 1. The van der Waals surface area contributed by atoms with E-state index in [1.807, 2.05) is 12.1 Å². The Morgan fingerprint density at radius 2 is 2.25 bits per heavy atom. The molecule has 0 amide bonds. The van der Waals surface area contributed by atoms with Gasteiger partial charge in [0.25, 0.3) is 0 Å². The van der Waals surface area contributed by atoms with Crippen molar-refractivity contribution >= 4 is 39.6 Å². The highest BCUT2D eigenvalue weighted by molar-refractivity contribution is 14.1. The molecule has 146 valence electrons. The molecule has 1 aromatic carbocycles. The molecule has 0 aliphatic carbocycles. The fraction of sp³-hybridized carbons (Fsp3) is 0.389. The summed E-state index contributed by atoms with van der Waals surface area (Å²) in [6.07, 6.45) is 1.83. The van der Waals surface area contributed by atoms with Crippen LogP contribution in [0.2, 0.25) is 0 Å². The molecule has 2 fully saturated rings. The lowest BCUT2D eigenvalue weighted by Crippen LogP contribution is -2.46. The maximum Gasteiger partial charge on any atom is 0.167 e. The molecule has 3 aromatic rings. The zero-order chi connectivity index (χ0) is 19.3. The zero-order valence-electron chi connectivity index (χ0n) is 14.8. The number of hydrogen-bond acceptors (Lipinski definition) is 8. The standard InChI is InChI=1S/C18H19IN6O3/c19-11-3-1-2-10(4-11)5-20-15-13-16(23-8-22-15)25(9-24-13)17-12-14(27)18(7-26,28-17)6-21-12/h1-4,8-9,12,14,17,21,26-27H,5-7H2,(H,20,22,23)/t12-,14?,17+,18-/m0/s1. The predicted molar refractivity (Wildman–Crippen MR) is 110 cm³/mol. The summed E-state index contributed by atoms with van der Waals surface area (Å²) in [4.78, 5) is 13.2. The second-order valence-electron chi connectivity index (χ2n) is 7.11. The minimum Gasteiger partial charge on any atom is -0.393 e. The first-order valence-electron chi connectivity index (χ1n) is 8.97. The van der Waals surface area contributed by atoms with E-state index in [4.69, 9.17) is 4.74 Å². The Labute approximate surface area is 174 Å². The van der Waals surface area contributed by atoms with Crippen molar-refractivity contribution in [2.24, 2.45) is 0 Å². The van der Waals surface area contributed by atoms with Gasteiger partial charge in [-0.05, 0) is 40.3 Å². The lowest BCUT2D eigenvalue weighted by Gasteiger charge is -2.30. The van der Waals surface area contributed by atoms with E-state index in [9.17, 15) is 10.2 Å². The molecule has 0 spiro atoms. The van der Waals surface area contributed by atoms with Crippen LogP contribution in [0.1, 0.15) is 11.8 Å². The number of aliphatic hydroxyl groups is 2. The highest BCUT2D eigenvalue weighted by atomic mass is 127. The number of nitrogens with zero attached hydrogens (tertiary/aromatic N) is 4. The van der Waals surface area contributed by atoms with Crippen LogP contribution in [-0.2, 0) is 11.3 Å². The molecule has 4 heterocycles. The topological polar surface area (TPSA) is 117 Å². The largest absolute Gasteiger partial charge is 0.393 e. The van der Waals surface area contributed by atoms with Crippen LogP contribution in [0.15, 0.2) is 36.9 Å². The average molecular weight is 494 g/mol. The minimum absolute atomic E-state index is 0.252. The average Bonchev–Trinajstić information content (AvgIpc) is 3.36. The van der Waals surface area contributed by atoms with Crippen molar-refractivity contribution < 1.29 is 14.9 Å². The summed E-state index contributed by atoms with van der Waals surface area (Å²) in [6.45, 7) is 0.779. The van der Waals surface area contributed by atoms with E-state index >= 15 is 0 Å². The molecule has 2 saturated heterocycles. The number of anilines is 1. The molecule has 2 aromatic heterocycles. The number of rotatable bonds is 5. The predicted octanol–water partition coefficient (Wildman–Crippen LogP) is 0.636. The first-order chi connectivity index (χ1) is 13.6. The lowest BCUT2D eigenvalue weighted by molar-refractivity contribution is -0.130. The van der Waals surface area contributed by atoms with Crippen LogP contribution >= 0.6 is 22.6 Å². The summed E-state index contributed by atoms with van der Waals surface area (Å²) in [5, 5.41) is 26.7. The first kappa shape index (κ1) is 18.2. The van der Waals surface area contributed by atoms with Gasteiger partial charge in [0.15, 0.2) is 23.2 Å². The van der Waals surface area contributed by atoms with Gasteiger partial charge in [0.2, 0.25) is 0 Å². The van der Waals surface area contributed by atoms with Crippen molar-refractivity contribution in [3.05, 3.63) is 46.1 Å². The molecule has 10 heteroatoms. The Kier molecular flexibility index (Phi) is 4.47. The first-order valence-corrected chi connectivity index (χ1v) is 10.1. The number of morpholine rings is 1. The van der Waals surface area contributed by atoms with Gasteiger partial charge in [-0.2, -0.15) is 0 Å². The summed E-state index contributed by atoms with van der Waals surface area (Å²) >= 11 is 2.29. The van der Waals surface area contributed by atoms with E-state index in [1.54, 1.807) is 10.9 Å². The van der Waals surface area contributed by atoms with Crippen molar-refractivity contribution in [3.8, 4) is 0 Å². The molecule has 28 heavy (non-hydrogen) atoms. The number of aromatic nitrogens is 4. The number of imidazole rings is 1. The Bertz CT molecular complexity index is 1030. The number of aliphatic hydroxyl groups excluding tert-OH is 2. The molecule has 2 aliphatic rings. The van der Waals surface area contributed by atoms with Gasteiger partial charge < -0.3 is 25.6 Å². The Hall–Kier alpha value is -1.86. The molecular weight excluding hydrogens is 475 g/mol. The Morgan fingerprint density at radius 1 is 1.36 bits per heavy atom. The molecule has 4 atom stereocenters. The van der Waals surface area contributed by atoms with Gasteiger partial charge in [0.05, 0.1) is 19.0 Å². The molecule has 0 radical (unpaired) electrons. The molecule has 1 unspecified atom stereocenters. The third kappa shape index (κ3) is 2.78. The molecular formula is C18H19IN6O3. The van der Waals surface area contributed by atoms with Gasteiger partial charge in [0, 0.05) is 16.7 Å². The molecule has 9 nitrogen and oxygen atoms in total. The third-order valence-electron chi connectivity index (χ3n) is 5.43. The van der Waals surface area contributed by atoms with Gasteiger partial charge >= 0.3 is 0 Å². The van der Waals surface area contributed by atoms with E-state index in [-0.39, 0.29) is 12.6 Å². The minimum atomic E-state index is -0.982. The molecule has 2 bridgehead atoms. The second kappa shape index (κ2) is 6.88. The lowest BCUT2D eigenvalue weighted by atomic mass is 10.0. The molecule has 2 aliphatic heterocycles. The summed E-state index contributed by atoms with van der Waals surface area (Å²) in [5.41, 5.74) is 1.41. The summed E-state index contributed by atoms with van der Waals surface area (Å²) in [5.74, 6) is 0.635. The van der Waals surface area contributed by atoms with Gasteiger partial charge in [-0.25, -0.2) is 15.0 Å². The summed E-state index contributed by atoms with van der Waals surface area (Å²) < 4.78 is 8.98. The third-order valence-corrected chi connectivity index (χ3v) is 6.10. The van der Waals surface area contributed by atoms with Crippen LogP contribution in [0.25, 0.3) is 11.2 Å². The monoisotopic (exact) mass is 494 g/mol. The molecule has 4 N–H and O–H groups in total. The number of nitrogens with one attached hydrogen (secondary N) is 2. The SMILES string of the molecule is OC[C@@]12CN[C@@H](C1O)[C@H](n1cnc3c(NCc4cccc(I)c4)ncnc31)O2. The van der Waals surface area contributed by atoms with E-state index in [0.29, 0.717) is 30.1 Å². The van der Waals surface area contributed by atoms with Crippen molar-refractivity contribution in [2.45, 2.75) is 30.5 Å². The maximum absolute atomic E-state index is 10.5. The fourth-order valence-electron chi connectivity index (χ4n) is 3.93. The number of ether oxygens (including phenoxy) is 1. The van der Waals surface area contributed by atoms with Crippen LogP contribution < -0.4 is 10.6 Å². The molecule has 5 rings (SSSR count). The van der Waals surface area contributed by atoms with Crippen molar-refractivity contribution in [2.75, 3.05) is 18.5 Å². The normalized spacial score (nSPS) is 28.9. The van der Waals surface area contributed by atoms with Crippen LogP contribution in [0.3, 0.4) is 0 Å². The smallest absolute Gasteiger partial charge is 0.167 e. The number of benzene rings is 1. The van der Waals surface area contributed by atoms with Crippen LogP contribution in [0.4, 0.5) is 5.82 Å². The van der Waals surface area contributed by atoms with Gasteiger partial charge in [-0.1, -0.05) is 12.1 Å². The molecule has 0 saturated carbocycles. The summed E-state index contributed by atoms with van der Waals surface area (Å²) in [6, 6.07) is 7.89. The van der Waals surface area contributed by atoms with Crippen LogP contribution in [0.5, 0.6) is 0 Å². The van der Waals surface area contributed by atoms with Crippen molar-refractivity contribution in [1.82, 2.24) is 24.8 Å². The van der Waals surface area contributed by atoms with E-state index in [2.05, 4.69) is 60.3 Å². The maximum atomic E-state index is 10.5. The highest BCUT2D eigenvalue weighted by Crippen LogP contribution is 2.42. The second-order valence-corrected chi connectivity index (χ2v) is 8.36. The van der Waals surface area contributed by atoms with E-state index in [1.165, 1.54) is 9.90 Å². The van der Waals surface area contributed by atoms with Gasteiger partial charge in [-0.3, -0.25) is 4.57 Å². The van der Waals surface area contributed by atoms with E-state index < -0.39 is 17.9 Å². The summed E-state index contributed by atoms with van der Waals surface area (Å²) in [7, 11) is 0. The Morgan fingerprint density at radius 3 is 3.04 bits per heavy atom. The number of fused-ring (bicyclic) bond motifs is 3. The quantitative estimate of drug-likeness (QED) is 0.382. The van der Waals surface area contributed by atoms with E-state index in [0.717, 1.165) is 5.56 Å².